The van der Waals surface area contributed by atoms with Crippen molar-refractivity contribution in [2.75, 3.05) is 0 Å². The maximum atomic E-state index is 11.5. The summed E-state index contributed by atoms with van der Waals surface area (Å²) in [5, 5.41) is 14.6. The van der Waals surface area contributed by atoms with Crippen LogP contribution in [-0.4, -0.2) is 9.91 Å². The number of aromatic nitrogens is 1. The van der Waals surface area contributed by atoms with E-state index < -0.39 is 0 Å². The lowest BCUT2D eigenvalue weighted by Crippen LogP contribution is -1.97. The van der Waals surface area contributed by atoms with Crippen molar-refractivity contribution >= 4 is 28.2 Å². The molecule has 5 rings (SSSR count). The van der Waals surface area contributed by atoms with Crippen LogP contribution >= 0.6 is 11.8 Å². The molecule has 1 aliphatic heterocycles. The molecule has 0 fully saturated rings. The molecule has 0 atom stereocenters. The molecule has 0 aliphatic carbocycles. The minimum absolute atomic E-state index is 0.117. The van der Waals surface area contributed by atoms with Crippen LogP contribution in [-0.2, 0) is 0 Å². The number of pyridine rings is 1. The number of rotatable bonds is 2. The molecule has 4 aromatic rings. The van der Waals surface area contributed by atoms with Crippen LogP contribution in [0.3, 0.4) is 0 Å². The van der Waals surface area contributed by atoms with Gasteiger partial charge in [-0.2, -0.15) is 0 Å². The van der Waals surface area contributed by atoms with Crippen LogP contribution in [0, 0.1) is 10.1 Å². The predicted molar refractivity (Wildman–Crippen MR) is 103 cm³/mol. The third-order valence-electron chi connectivity index (χ3n) is 4.62. The largest absolute Gasteiger partial charge is 0.277 e. The lowest BCUT2D eigenvalue weighted by molar-refractivity contribution is -0.384. The zero-order valence-corrected chi connectivity index (χ0v) is 14.4. The van der Waals surface area contributed by atoms with Crippen LogP contribution in [0.2, 0.25) is 0 Å². The van der Waals surface area contributed by atoms with Gasteiger partial charge in [-0.25, -0.2) is 4.98 Å². The van der Waals surface area contributed by atoms with Gasteiger partial charge in [0.1, 0.15) is 5.03 Å². The van der Waals surface area contributed by atoms with E-state index in [2.05, 4.69) is 23.2 Å². The molecule has 0 saturated carbocycles. The second kappa shape index (κ2) is 5.68. The fraction of sp³-hybridized carbons (Fsp3) is 0. The second-order valence-corrected chi connectivity index (χ2v) is 7.14. The Kier molecular flexibility index (Phi) is 3.30. The summed E-state index contributed by atoms with van der Waals surface area (Å²) < 4.78 is 0. The number of benzene rings is 3. The molecule has 0 amide bonds. The molecule has 0 saturated heterocycles. The van der Waals surface area contributed by atoms with E-state index in [1.165, 1.54) is 0 Å². The quantitative estimate of drug-likeness (QED) is 0.290. The van der Waals surface area contributed by atoms with Gasteiger partial charge >= 0.3 is 0 Å². The van der Waals surface area contributed by atoms with Crippen molar-refractivity contribution in [3.8, 4) is 22.3 Å². The van der Waals surface area contributed by atoms with Crippen molar-refractivity contribution in [1.29, 1.82) is 0 Å². The second-order valence-electron chi connectivity index (χ2n) is 6.11. The maximum Gasteiger partial charge on any atom is 0.277 e. The average Bonchev–Trinajstić information content (AvgIpc) is 2.68. The third-order valence-corrected chi connectivity index (χ3v) is 5.70. The highest BCUT2D eigenvalue weighted by molar-refractivity contribution is 7.99. The van der Waals surface area contributed by atoms with Crippen molar-refractivity contribution in [3.63, 3.8) is 0 Å². The monoisotopic (exact) mass is 356 g/mol. The van der Waals surface area contributed by atoms with Crippen LogP contribution in [0.5, 0.6) is 0 Å². The maximum absolute atomic E-state index is 11.5. The third kappa shape index (κ3) is 2.21. The van der Waals surface area contributed by atoms with Crippen LogP contribution in [0.25, 0.3) is 33.0 Å². The van der Waals surface area contributed by atoms with Gasteiger partial charge in [0.25, 0.3) is 5.69 Å². The number of fused-ring (bicyclic) bond motifs is 2. The van der Waals surface area contributed by atoms with E-state index in [0.29, 0.717) is 5.56 Å². The van der Waals surface area contributed by atoms with Crippen molar-refractivity contribution in [1.82, 2.24) is 4.98 Å². The molecule has 0 unspecified atom stereocenters. The topological polar surface area (TPSA) is 56.0 Å². The number of hydrogen-bond acceptors (Lipinski definition) is 4. The van der Waals surface area contributed by atoms with Gasteiger partial charge in [0.05, 0.1) is 10.5 Å². The van der Waals surface area contributed by atoms with E-state index in [0.717, 1.165) is 37.4 Å². The number of hydrogen-bond donors (Lipinski definition) is 0. The van der Waals surface area contributed by atoms with Crippen molar-refractivity contribution in [2.45, 2.75) is 9.92 Å². The van der Waals surface area contributed by atoms with E-state index in [1.807, 2.05) is 30.3 Å². The Morgan fingerprint density at radius 1 is 0.885 bits per heavy atom. The molecule has 0 spiro atoms. The highest BCUT2D eigenvalue weighted by atomic mass is 32.2. The summed E-state index contributed by atoms with van der Waals surface area (Å²) in [4.78, 5) is 16.8. The molecule has 2 heterocycles. The Morgan fingerprint density at radius 2 is 1.65 bits per heavy atom. The summed E-state index contributed by atoms with van der Waals surface area (Å²) in [6.45, 7) is 0. The fourth-order valence-corrected chi connectivity index (χ4v) is 4.58. The summed E-state index contributed by atoms with van der Waals surface area (Å²) in [6, 6.07) is 21.1. The van der Waals surface area contributed by atoms with Crippen molar-refractivity contribution < 1.29 is 4.92 Å². The lowest BCUT2D eigenvalue weighted by atomic mass is 9.93. The first-order valence-electron chi connectivity index (χ1n) is 8.16. The number of para-hydroxylation sites is 1. The zero-order valence-electron chi connectivity index (χ0n) is 13.5. The van der Waals surface area contributed by atoms with Gasteiger partial charge in [0.15, 0.2) is 0 Å². The Morgan fingerprint density at radius 3 is 2.50 bits per heavy atom. The van der Waals surface area contributed by atoms with Crippen LogP contribution < -0.4 is 0 Å². The van der Waals surface area contributed by atoms with E-state index in [-0.39, 0.29) is 10.6 Å². The van der Waals surface area contributed by atoms with E-state index in [1.54, 1.807) is 36.2 Å². The minimum atomic E-state index is -0.327. The van der Waals surface area contributed by atoms with Crippen molar-refractivity contribution in [2.24, 2.45) is 0 Å². The van der Waals surface area contributed by atoms with Gasteiger partial charge in [-0.15, -0.1) is 0 Å². The Hall–Kier alpha value is -3.18. The molecular weight excluding hydrogens is 344 g/mol. The van der Waals surface area contributed by atoms with Crippen LogP contribution in [0.15, 0.2) is 82.8 Å². The lowest BCUT2D eigenvalue weighted by Gasteiger charge is -2.20. The molecule has 3 aromatic carbocycles. The first-order chi connectivity index (χ1) is 12.7. The fourth-order valence-electron chi connectivity index (χ4n) is 3.49. The van der Waals surface area contributed by atoms with Gasteiger partial charge < -0.3 is 0 Å². The molecule has 26 heavy (non-hydrogen) atoms. The molecule has 0 bridgehead atoms. The van der Waals surface area contributed by atoms with E-state index in [4.69, 9.17) is 0 Å². The molecule has 5 heteroatoms. The van der Waals surface area contributed by atoms with Gasteiger partial charge in [0.2, 0.25) is 0 Å². The number of nitro benzene ring substituents is 1. The highest BCUT2D eigenvalue weighted by Crippen LogP contribution is 2.48. The van der Waals surface area contributed by atoms with Gasteiger partial charge in [-0.05, 0) is 52.4 Å². The highest BCUT2D eigenvalue weighted by Gasteiger charge is 2.22. The van der Waals surface area contributed by atoms with Gasteiger partial charge in [-0.1, -0.05) is 42.1 Å². The molecule has 0 N–H and O–H groups in total. The molecule has 4 nitrogen and oxygen atoms in total. The summed E-state index contributed by atoms with van der Waals surface area (Å²) in [7, 11) is 0. The minimum Gasteiger partial charge on any atom is -0.258 e. The van der Waals surface area contributed by atoms with Gasteiger partial charge in [0, 0.05) is 22.5 Å². The standard InChI is InChI=1S/C21H12N2O2S/c24-23(25)18-7-3-1-5-15(18)14-11-13-9-10-22-21-20(13)17(12-14)16-6-2-4-8-19(16)26-21/h1-12H. The van der Waals surface area contributed by atoms with E-state index in [9.17, 15) is 10.1 Å². The van der Waals surface area contributed by atoms with Crippen LogP contribution in [0.1, 0.15) is 0 Å². The Balaban J connectivity index is 1.87. The number of nitro groups is 1. The normalized spacial score (nSPS) is 12.0. The SMILES string of the molecule is O=[N+]([O-])c1ccccc1-c1cc2c3c(nccc3c1)Sc1ccccc1-2. The molecule has 1 aromatic heterocycles. The zero-order chi connectivity index (χ0) is 17.7. The Bertz CT molecular complexity index is 1200. The number of nitrogens with zero attached hydrogens (tertiary/aromatic N) is 2. The summed E-state index contributed by atoms with van der Waals surface area (Å²) in [5.41, 5.74) is 3.81. The predicted octanol–water partition coefficient (Wildman–Crippen LogP) is 5.94. The summed E-state index contributed by atoms with van der Waals surface area (Å²) in [5.74, 6) is 0. The first kappa shape index (κ1) is 15.1. The summed E-state index contributed by atoms with van der Waals surface area (Å²) in [6.07, 6.45) is 1.80. The smallest absolute Gasteiger partial charge is 0.258 e. The first-order valence-corrected chi connectivity index (χ1v) is 8.98. The molecule has 124 valence electrons. The molecular formula is C21H12N2O2S. The van der Waals surface area contributed by atoms with E-state index >= 15 is 0 Å². The summed E-state index contributed by atoms with van der Waals surface area (Å²) >= 11 is 1.67. The average molecular weight is 356 g/mol. The molecule has 0 radical (unpaired) electrons. The van der Waals surface area contributed by atoms with Crippen molar-refractivity contribution in [3.05, 3.63) is 83.0 Å². The Labute approximate surface area is 153 Å². The van der Waals surface area contributed by atoms with Gasteiger partial charge in [-0.3, -0.25) is 10.1 Å². The van der Waals surface area contributed by atoms with Crippen LogP contribution in [0.4, 0.5) is 5.69 Å². The molecule has 1 aliphatic rings.